The number of hydrogen-bond donors (Lipinski definition) is 1. The molecule has 84 valence electrons. The molecule has 3 heteroatoms. The Morgan fingerprint density at radius 3 is 3.00 bits per heavy atom. The number of aryl methyl sites for hydroxylation is 1. The molecule has 0 aromatic carbocycles. The van der Waals surface area contributed by atoms with Gasteiger partial charge in [-0.25, -0.2) is 4.98 Å². The molecule has 0 saturated heterocycles. The Morgan fingerprint density at radius 1 is 1.47 bits per heavy atom. The number of rotatable bonds is 3. The molecular weight excluding hydrogens is 204 g/mol. The van der Waals surface area contributed by atoms with Gasteiger partial charge in [0.25, 0.3) is 0 Å². The van der Waals surface area contributed by atoms with Crippen LogP contribution in [0.25, 0.3) is 0 Å². The minimum Gasteiger partial charge on any atom is -0.330 e. The Kier molecular flexibility index (Phi) is 3.42. The lowest BCUT2D eigenvalue weighted by atomic mass is 9.85. The van der Waals surface area contributed by atoms with Gasteiger partial charge >= 0.3 is 0 Å². The van der Waals surface area contributed by atoms with Crippen LogP contribution in [0.4, 0.5) is 0 Å². The number of hydrogen-bond acceptors (Lipinski definition) is 3. The predicted molar refractivity (Wildman–Crippen MR) is 65.4 cm³/mol. The van der Waals surface area contributed by atoms with Crippen LogP contribution in [-0.2, 0) is 12.8 Å². The van der Waals surface area contributed by atoms with Crippen LogP contribution in [0.3, 0.4) is 0 Å². The normalized spacial score (nSPS) is 25.3. The summed E-state index contributed by atoms with van der Waals surface area (Å²) in [7, 11) is 0. The molecule has 2 unspecified atom stereocenters. The molecule has 1 aliphatic rings. The van der Waals surface area contributed by atoms with Crippen molar-refractivity contribution >= 4 is 11.3 Å². The van der Waals surface area contributed by atoms with Gasteiger partial charge in [0.2, 0.25) is 0 Å². The highest BCUT2D eigenvalue weighted by atomic mass is 32.1. The summed E-state index contributed by atoms with van der Waals surface area (Å²) in [5.74, 6) is 1.49. The average Bonchev–Trinajstić information content (AvgIpc) is 2.57. The number of aromatic nitrogens is 1. The van der Waals surface area contributed by atoms with Crippen molar-refractivity contribution in [1.82, 2.24) is 4.98 Å². The Balaban J connectivity index is 2.15. The zero-order valence-electron chi connectivity index (χ0n) is 9.62. The van der Waals surface area contributed by atoms with E-state index in [1.807, 2.05) is 11.3 Å². The molecule has 1 aromatic rings. The first-order chi connectivity index (χ1) is 7.20. The minimum absolute atomic E-state index is 0.659. The van der Waals surface area contributed by atoms with E-state index in [2.05, 4.69) is 13.8 Å². The van der Waals surface area contributed by atoms with Gasteiger partial charge in [0.05, 0.1) is 10.7 Å². The first-order valence-electron chi connectivity index (χ1n) is 5.89. The summed E-state index contributed by atoms with van der Waals surface area (Å²) in [6.45, 7) is 5.43. The van der Waals surface area contributed by atoms with E-state index in [1.54, 1.807) is 0 Å². The quantitative estimate of drug-likeness (QED) is 0.857. The number of nitrogens with two attached hydrogens (primary N) is 1. The van der Waals surface area contributed by atoms with Crippen molar-refractivity contribution in [3.8, 4) is 0 Å². The molecule has 1 aliphatic carbocycles. The third kappa shape index (κ3) is 2.40. The summed E-state index contributed by atoms with van der Waals surface area (Å²) in [4.78, 5) is 6.30. The molecule has 0 saturated carbocycles. The van der Waals surface area contributed by atoms with Crippen LogP contribution in [0.15, 0.2) is 0 Å². The topological polar surface area (TPSA) is 38.9 Å². The largest absolute Gasteiger partial charge is 0.330 e. The molecule has 0 radical (unpaired) electrons. The van der Waals surface area contributed by atoms with E-state index in [1.165, 1.54) is 28.4 Å². The third-order valence-corrected chi connectivity index (χ3v) is 4.28. The Labute approximate surface area is 95.9 Å². The predicted octanol–water partition coefficient (Wildman–Crippen LogP) is 2.72. The maximum Gasteiger partial charge on any atom is 0.0931 e. The second kappa shape index (κ2) is 4.62. The molecule has 2 N–H and O–H groups in total. The highest BCUT2D eigenvalue weighted by Gasteiger charge is 2.25. The molecule has 0 fully saturated rings. The van der Waals surface area contributed by atoms with Gasteiger partial charge in [-0.3, -0.25) is 0 Å². The van der Waals surface area contributed by atoms with Gasteiger partial charge in [-0.1, -0.05) is 13.8 Å². The molecule has 2 rings (SSSR count). The first kappa shape index (κ1) is 11.1. The van der Waals surface area contributed by atoms with Crippen molar-refractivity contribution in [2.75, 3.05) is 6.54 Å². The van der Waals surface area contributed by atoms with Gasteiger partial charge in [0, 0.05) is 11.3 Å². The van der Waals surface area contributed by atoms with Crippen LogP contribution in [0.5, 0.6) is 0 Å². The fourth-order valence-corrected chi connectivity index (χ4v) is 3.81. The Bertz CT molecular complexity index is 332. The SMILES string of the molecule is CC1Cc2sc(CCCN)nc2C(C)C1. The molecule has 0 aliphatic heterocycles. The fourth-order valence-electron chi connectivity index (χ4n) is 2.42. The van der Waals surface area contributed by atoms with Crippen LogP contribution in [0.1, 0.15) is 48.2 Å². The standard InChI is InChI=1S/C12H20N2S/c1-8-6-9(2)12-10(7-8)15-11(14-12)4-3-5-13/h8-9H,3-7,13H2,1-2H3. The van der Waals surface area contributed by atoms with Gasteiger partial charge < -0.3 is 5.73 Å². The van der Waals surface area contributed by atoms with Crippen LogP contribution in [0.2, 0.25) is 0 Å². The van der Waals surface area contributed by atoms with E-state index in [0.717, 1.165) is 25.3 Å². The lowest BCUT2D eigenvalue weighted by molar-refractivity contribution is 0.448. The molecule has 0 bridgehead atoms. The van der Waals surface area contributed by atoms with Crippen molar-refractivity contribution in [1.29, 1.82) is 0 Å². The second-order valence-electron chi connectivity index (χ2n) is 4.75. The summed E-state index contributed by atoms with van der Waals surface area (Å²) in [6, 6.07) is 0. The highest BCUT2D eigenvalue weighted by molar-refractivity contribution is 7.11. The third-order valence-electron chi connectivity index (χ3n) is 3.12. The van der Waals surface area contributed by atoms with Crippen LogP contribution in [-0.4, -0.2) is 11.5 Å². The van der Waals surface area contributed by atoms with Crippen molar-refractivity contribution < 1.29 is 0 Å². The lowest BCUT2D eigenvalue weighted by Crippen LogP contribution is -2.13. The monoisotopic (exact) mass is 224 g/mol. The molecule has 15 heavy (non-hydrogen) atoms. The van der Waals surface area contributed by atoms with Gasteiger partial charge in [-0.2, -0.15) is 0 Å². The van der Waals surface area contributed by atoms with Crippen LogP contribution >= 0.6 is 11.3 Å². The van der Waals surface area contributed by atoms with Crippen molar-refractivity contribution in [2.24, 2.45) is 11.7 Å². The average molecular weight is 224 g/mol. The number of nitrogens with zero attached hydrogens (tertiary/aromatic N) is 1. The van der Waals surface area contributed by atoms with Crippen molar-refractivity contribution in [2.45, 2.75) is 45.4 Å². The molecule has 1 heterocycles. The first-order valence-corrected chi connectivity index (χ1v) is 6.71. The van der Waals surface area contributed by atoms with Gasteiger partial charge in [-0.15, -0.1) is 11.3 Å². The molecule has 0 amide bonds. The Hall–Kier alpha value is -0.410. The Morgan fingerprint density at radius 2 is 2.27 bits per heavy atom. The summed E-state index contributed by atoms with van der Waals surface area (Å²) >= 11 is 1.92. The summed E-state index contributed by atoms with van der Waals surface area (Å²) in [5, 5.41) is 1.30. The van der Waals surface area contributed by atoms with Crippen molar-refractivity contribution in [3.63, 3.8) is 0 Å². The van der Waals surface area contributed by atoms with E-state index >= 15 is 0 Å². The van der Waals surface area contributed by atoms with Crippen molar-refractivity contribution in [3.05, 3.63) is 15.6 Å². The lowest BCUT2D eigenvalue weighted by Gasteiger charge is -2.22. The molecule has 2 nitrogen and oxygen atoms in total. The number of fused-ring (bicyclic) bond motifs is 1. The summed E-state index contributed by atoms with van der Waals surface area (Å²) in [6.07, 6.45) is 4.67. The van der Waals surface area contributed by atoms with E-state index in [-0.39, 0.29) is 0 Å². The van der Waals surface area contributed by atoms with Gasteiger partial charge in [0.1, 0.15) is 0 Å². The zero-order valence-corrected chi connectivity index (χ0v) is 10.4. The van der Waals surface area contributed by atoms with E-state index < -0.39 is 0 Å². The molecule has 1 aromatic heterocycles. The van der Waals surface area contributed by atoms with Crippen LogP contribution < -0.4 is 5.73 Å². The summed E-state index contributed by atoms with van der Waals surface area (Å²) in [5.41, 5.74) is 6.90. The fraction of sp³-hybridized carbons (Fsp3) is 0.750. The molecule has 0 spiro atoms. The smallest absolute Gasteiger partial charge is 0.0931 e. The summed E-state index contributed by atoms with van der Waals surface area (Å²) < 4.78 is 0. The van der Waals surface area contributed by atoms with Gasteiger partial charge in [0.15, 0.2) is 0 Å². The minimum atomic E-state index is 0.659. The number of thiazole rings is 1. The second-order valence-corrected chi connectivity index (χ2v) is 5.92. The van der Waals surface area contributed by atoms with Gasteiger partial charge in [-0.05, 0) is 37.6 Å². The molecule has 2 atom stereocenters. The highest BCUT2D eigenvalue weighted by Crippen LogP contribution is 2.37. The van der Waals surface area contributed by atoms with Crippen LogP contribution in [0, 0.1) is 5.92 Å². The maximum atomic E-state index is 5.52. The molecular formula is C12H20N2S. The zero-order chi connectivity index (χ0) is 10.8. The van der Waals surface area contributed by atoms with E-state index in [9.17, 15) is 0 Å². The van der Waals surface area contributed by atoms with E-state index in [0.29, 0.717) is 5.92 Å². The van der Waals surface area contributed by atoms with E-state index in [4.69, 9.17) is 10.7 Å². The maximum absolute atomic E-state index is 5.52.